The lowest BCUT2D eigenvalue weighted by atomic mass is 9.85. The van der Waals surface area contributed by atoms with E-state index < -0.39 is 0 Å². The number of hydrogen-bond donors (Lipinski definition) is 0. The third-order valence-corrected chi connectivity index (χ3v) is 3.47. The fraction of sp³-hybridized carbons (Fsp3) is 0.0714. The zero-order valence-electron chi connectivity index (χ0n) is 8.84. The molecule has 0 fully saturated rings. The van der Waals surface area contributed by atoms with Gasteiger partial charge in [-0.15, -0.1) is 0 Å². The molecule has 84 valence electrons. The summed E-state index contributed by atoms with van der Waals surface area (Å²) in [5.41, 5.74) is 3.42. The molecule has 0 radical (unpaired) electrons. The highest BCUT2D eigenvalue weighted by Gasteiger charge is 2.23. The van der Waals surface area contributed by atoms with Gasteiger partial charge in [-0.1, -0.05) is 23.2 Å². The van der Waals surface area contributed by atoms with Crippen molar-refractivity contribution in [3.63, 3.8) is 0 Å². The summed E-state index contributed by atoms with van der Waals surface area (Å²) in [4.78, 5) is 12.2. The van der Waals surface area contributed by atoms with Gasteiger partial charge in [0.2, 0.25) is 0 Å². The second kappa shape index (κ2) is 3.86. The Balaban J connectivity index is 2.21. The Morgan fingerprint density at radius 3 is 1.76 bits per heavy atom. The van der Waals surface area contributed by atoms with Crippen LogP contribution in [0.3, 0.4) is 0 Å². The molecule has 0 saturated heterocycles. The number of carbonyl (C=O) groups is 1. The van der Waals surface area contributed by atoms with E-state index in [0.717, 1.165) is 22.3 Å². The molecule has 0 spiro atoms. The third kappa shape index (κ3) is 1.76. The van der Waals surface area contributed by atoms with Gasteiger partial charge in [-0.3, -0.25) is 4.79 Å². The molecule has 17 heavy (non-hydrogen) atoms. The smallest absolute Gasteiger partial charge is 0.193 e. The lowest BCUT2D eigenvalue weighted by Crippen LogP contribution is -2.14. The van der Waals surface area contributed by atoms with Crippen LogP contribution in [0.25, 0.3) is 0 Å². The van der Waals surface area contributed by atoms with Crippen LogP contribution in [0.15, 0.2) is 36.4 Å². The minimum atomic E-state index is 0.0505. The fourth-order valence-electron chi connectivity index (χ4n) is 2.21. The molecule has 0 atom stereocenters. The molecule has 1 aliphatic carbocycles. The zero-order valence-corrected chi connectivity index (χ0v) is 10.3. The molecule has 2 aromatic rings. The number of carbonyl (C=O) groups excluding carboxylic acids is 1. The molecule has 0 amide bonds. The first-order valence-corrected chi connectivity index (χ1v) is 6.02. The quantitative estimate of drug-likeness (QED) is 0.596. The van der Waals surface area contributed by atoms with Crippen molar-refractivity contribution in [3.05, 3.63) is 68.7 Å². The van der Waals surface area contributed by atoms with Crippen LogP contribution in [0.2, 0.25) is 10.0 Å². The summed E-state index contributed by atoms with van der Waals surface area (Å²) in [5.74, 6) is 0.0505. The lowest BCUT2D eigenvalue weighted by Gasteiger charge is -2.18. The Bertz CT molecular complexity index is 579. The van der Waals surface area contributed by atoms with Crippen molar-refractivity contribution in [2.45, 2.75) is 6.42 Å². The first kappa shape index (κ1) is 10.8. The Morgan fingerprint density at radius 1 is 0.824 bits per heavy atom. The highest BCUT2D eigenvalue weighted by molar-refractivity contribution is 6.31. The molecule has 2 aromatic carbocycles. The van der Waals surface area contributed by atoms with Crippen LogP contribution >= 0.6 is 23.2 Å². The van der Waals surface area contributed by atoms with Crippen molar-refractivity contribution in [3.8, 4) is 0 Å². The van der Waals surface area contributed by atoms with Gasteiger partial charge in [-0.25, -0.2) is 0 Å². The van der Waals surface area contributed by atoms with Crippen LogP contribution in [0.1, 0.15) is 27.0 Å². The SMILES string of the molecule is O=C1c2ccc(Cl)cc2Cc2cc(Cl)ccc21. The number of ketones is 1. The van der Waals surface area contributed by atoms with E-state index in [1.165, 1.54) is 0 Å². The van der Waals surface area contributed by atoms with Gasteiger partial charge in [-0.05, 0) is 53.9 Å². The van der Waals surface area contributed by atoms with E-state index in [1.807, 2.05) is 12.1 Å². The highest BCUT2D eigenvalue weighted by atomic mass is 35.5. The van der Waals surface area contributed by atoms with Crippen molar-refractivity contribution in [1.29, 1.82) is 0 Å². The van der Waals surface area contributed by atoms with Crippen LogP contribution in [0.5, 0.6) is 0 Å². The average molecular weight is 263 g/mol. The first-order valence-electron chi connectivity index (χ1n) is 5.27. The minimum Gasteiger partial charge on any atom is -0.289 e. The van der Waals surface area contributed by atoms with Crippen molar-refractivity contribution in [2.75, 3.05) is 0 Å². The topological polar surface area (TPSA) is 17.1 Å². The van der Waals surface area contributed by atoms with Gasteiger partial charge >= 0.3 is 0 Å². The first-order chi connectivity index (χ1) is 8.15. The normalized spacial score (nSPS) is 13.2. The van der Waals surface area contributed by atoms with E-state index >= 15 is 0 Å². The maximum Gasteiger partial charge on any atom is 0.193 e. The van der Waals surface area contributed by atoms with E-state index in [4.69, 9.17) is 23.2 Å². The van der Waals surface area contributed by atoms with Crippen LogP contribution in [-0.2, 0) is 6.42 Å². The minimum absolute atomic E-state index is 0.0505. The molecule has 0 bridgehead atoms. The summed E-state index contributed by atoms with van der Waals surface area (Å²) >= 11 is 11.9. The Labute approximate surface area is 109 Å². The van der Waals surface area contributed by atoms with Crippen LogP contribution in [0.4, 0.5) is 0 Å². The lowest BCUT2D eigenvalue weighted by molar-refractivity contribution is 0.103. The van der Waals surface area contributed by atoms with Crippen molar-refractivity contribution in [1.82, 2.24) is 0 Å². The Kier molecular flexibility index (Phi) is 2.46. The molecule has 3 heteroatoms. The molecule has 3 rings (SSSR count). The van der Waals surface area contributed by atoms with Crippen molar-refractivity contribution < 1.29 is 4.79 Å². The Hall–Kier alpha value is -1.31. The molecule has 0 saturated carbocycles. The number of hydrogen-bond acceptors (Lipinski definition) is 1. The summed E-state index contributed by atoms with van der Waals surface area (Å²) in [5, 5.41) is 1.31. The van der Waals surface area contributed by atoms with Crippen LogP contribution in [0, 0.1) is 0 Å². The molecule has 0 heterocycles. The molecular formula is C14H8Cl2O. The van der Waals surface area contributed by atoms with Gasteiger partial charge in [0.15, 0.2) is 5.78 Å². The van der Waals surface area contributed by atoms with E-state index in [2.05, 4.69) is 0 Å². The Morgan fingerprint density at radius 2 is 1.29 bits per heavy atom. The van der Waals surface area contributed by atoms with Crippen molar-refractivity contribution >= 4 is 29.0 Å². The van der Waals surface area contributed by atoms with Gasteiger partial charge in [0.1, 0.15) is 0 Å². The summed E-state index contributed by atoms with van der Waals surface area (Å²) in [6.45, 7) is 0. The largest absolute Gasteiger partial charge is 0.289 e. The predicted octanol–water partition coefficient (Wildman–Crippen LogP) is 4.13. The molecule has 0 N–H and O–H groups in total. The molecule has 0 aromatic heterocycles. The summed E-state index contributed by atoms with van der Waals surface area (Å²) < 4.78 is 0. The summed E-state index contributed by atoms with van der Waals surface area (Å²) in [7, 11) is 0. The van der Waals surface area contributed by atoms with Crippen LogP contribution < -0.4 is 0 Å². The zero-order chi connectivity index (χ0) is 12.0. The van der Waals surface area contributed by atoms with E-state index in [1.54, 1.807) is 24.3 Å². The molecule has 0 aliphatic heterocycles. The molecular weight excluding hydrogens is 255 g/mol. The summed E-state index contributed by atoms with van der Waals surface area (Å²) in [6, 6.07) is 10.8. The van der Waals surface area contributed by atoms with Gasteiger partial charge in [-0.2, -0.15) is 0 Å². The number of rotatable bonds is 0. The van der Waals surface area contributed by atoms with E-state index in [0.29, 0.717) is 16.5 Å². The van der Waals surface area contributed by atoms with Gasteiger partial charge in [0.25, 0.3) is 0 Å². The van der Waals surface area contributed by atoms with Gasteiger partial charge in [0.05, 0.1) is 0 Å². The van der Waals surface area contributed by atoms with E-state index in [9.17, 15) is 4.79 Å². The van der Waals surface area contributed by atoms with Crippen LogP contribution in [-0.4, -0.2) is 5.78 Å². The number of benzene rings is 2. The van der Waals surface area contributed by atoms with Gasteiger partial charge < -0.3 is 0 Å². The maximum absolute atomic E-state index is 12.2. The maximum atomic E-state index is 12.2. The predicted molar refractivity (Wildman–Crippen MR) is 69.1 cm³/mol. The second-order valence-electron chi connectivity index (χ2n) is 4.11. The van der Waals surface area contributed by atoms with E-state index in [-0.39, 0.29) is 5.78 Å². The van der Waals surface area contributed by atoms with Gasteiger partial charge in [0, 0.05) is 21.2 Å². The van der Waals surface area contributed by atoms with Crippen molar-refractivity contribution in [2.24, 2.45) is 0 Å². The number of halogens is 2. The standard InChI is InChI=1S/C14H8Cl2O/c15-10-1-3-12-8(6-10)5-9-7-11(16)2-4-13(9)14(12)17/h1-4,6-7H,5H2. The monoisotopic (exact) mass is 262 g/mol. The molecule has 0 unspecified atom stereocenters. The average Bonchev–Trinajstić information content (AvgIpc) is 2.28. The number of fused-ring (bicyclic) bond motifs is 2. The molecule has 1 aliphatic rings. The highest BCUT2D eigenvalue weighted by Crippen LogP contribution is 2.30. The second-order valence-corrected chi connectivity index (χ2v) is 4.98. The third-order valence-electron chi connectivity index (χ3n) is 3.00. The molecule has 1 nitrogen and oxygen atoms in total. The fourth-order valence-corrected chi connectivity index (χ4v) is 2.60. The summed E-state index contributed by atoms with van der Waals surface area (Å²) in [6.07, 6.45) is 0.706.